The molecule has 0 amide bonds. The number of thiazole rings is 1. The molecule has 1 aromatic heterocycles. The Bertz CT molecular complexity index is 1180. The standard InChI is InChI=1S/C28H30N4OS/c1-3-32(28-29-27(21-34-28)22-7-5-4-6-8-22)25-11-9-23(10-12-25)30-17-19-31(20-18-30)24-13-15-26(33-2)16-14-24/h4-16,21H,3,17-20H2,1-2H3. The van der Waals surface area contributed by atoms with E-state index in [0.717, 1.165) is 54.9 Å². The molecule has 1 saturated heterocycles. The van der Waals surface area contributed by atoms with E-state index in [-0.39, 0.29) is 0 Å². The molecule has 0 N–H and O–H groups in total. The first kappa shape index (κ1) is 22.3. The van der Waals surface area contributed by atoms with Crippen molar-refractivity contribution in [3.63, 3.8) is 0 Å². The zero-order valence-corrected chi connectivity index (χ0v) is 20.5. The zero-order chi connectivity index (χ0) is 23.3. The van der Waals surface area contributed by atoms with Crippen LogP contribution in [0.15, 0.2) is 84.2 Å². The molecule has 1 aliphatic rings. The third-order valence-corrected chi connectivity index (χ3v) is 7.22. The number of anilines is 4. The third-order valence-electron chi connectivity index (χ3n) is 6.35. The van der Waals surface area contributed by atoms with Gasteiger partial charge in [-0.2, -0.15) is 0 Å². The molecule has 1 fully saturated rings. The van der Waals surface area contributed by atoms with Crippen molar-refractivity contribution in [3.8, 4) is 17.0 Å². The van der Waals surface area contributed by atoms with Crippen LogP contribution in [0, 0.1) is 0 Å². The van der Waals surface area contributed by atoms with Crippen LogP contribution in [-0.2, 0) is 0 Å². The van der Waals surface area contributed by atoms with Gasteiger partial charge in [0.1, 0.15) is 5.75 Å². The van der Waals surface area contributed by atoms with E-state index >= 15 is 0 Å². The summed E-state index contributed by atoms with van der Waals surface area (Å²) in [6, 6.07) is 27.6. The minimum Gasteiger partial charge on any atom is -0.497 e. The Kier molecular flexibility index (Phi) is 6.67. The largest absolute Gasteiger partial charge is 0.497 e. The molecule has 5 rings (SSSR count). The lowest BCUT2D eigenvalue weighted by molar-refractivity contribution is 0.415. The Balaban J connectivity index is 1.24. The minimum absolute atomic E-state index is 0.877. The molecular formula is C28H30N4OS. The topological polar surface area (TPSA) is 31.8 Å². The van der Waals surface area contributed by atoms with Gasteiger partial charge in [-0.25, -0.2) is 4.98 Å². The van der Waals surface area contributed by atoms with Crippen molar-refractivity contribution < 1.29 is 4.74 Å². The van der Waals surface area contributed by atoms with E-state index in [9.17, 15) is 0 Å². The maximum absolute atomic E-state index is 5.28. The Hall–Kier alpha value is -3.51. The molecule has 0 bridgehead atoms. The quantitative estimate of drug-likeness (QED) is 0.316. The molecule has 0 spiro atoms. The monoisotopic (exact) mass is 470 g/mol. The summed E-state index contributed by atoms with van der Waals surface area (Å²) in [5.74, 6) is 0.901. The lowest BCUT2D eigenvalue weighted by atomic mass is 10.2. The number of benzene rings is 3. The predicted octanol–water partition coefficient (Wildman–Crippen LogP) is 6.30. The van der Waals surface area contributed by atoms with Gasteiger partial charge in [-0.1, -0.05) is 30.3 Å². The average Bonchev–Trinajstić information content (AvgIpc) is 3.40. The van der Waals surface area contributed by atoms with Gasteiger partial charge >= 0.3 is 0 Å². The fourth-order valence-corrected chi connectivity index (χ4v) is 5.34. The van der Waals surface area contributed by atoms with Crippen molar-refractivity contribution in [2.75, 3.05) is 54.5 Å². The first-order valence-corrected chi connectivity index (χ1v) is 12.7. The lowest BCUT2D eigenvalue weighted by Crippen LogP contribution is -2.46. The van der Waals surface area contributed by atoms with Crippen LogP contribution < -0.4 is 19.4 Å². The van der Waals surface area contributed by atoms with Crippen LogP contribution in [0.1, 0.15) is 6.92 Å². The molecule has 3 aromatic carbocycles. The van der Waals surface area contributed by atoms with Crippen LogP contribution in [0.3, 0.4) is 0 Å². The Labute approximate surface area is 205 Å². The van der Waals surface area contributed by atoms with Gasteiger partial charge in [-0.05, 0) is 55.5 Å². The minimum atomic E-state index is 0.877. The average molecular weight is 471 g/mol. The zero-order valence-electron chi connectivity index (χ0n) is 19.7. The molecular weight excluding hydrogens is 440 g/mol. The van der Waals surface area contributed by atoms with Crippen LogP contribution in [0.5, 0.6) is 5.75 Å². The lowest BCUT2D eigenvalue weighted by Gasteiger charge is -2.37. The number of methoxy groups -OCH3 is 1. The summed E-state index contributed by atoms with van der Waals surface area (Å²) < 4.78 is 5.28. The second kappa shape index (κ2) is 10.2. The molecule has 0 unspecified atom stereocenters. The number of nitrogens with zero attached hydrogens (tertiary/aromatic N) is 4. The van der Waals surface area contributed by atoms with E-state index in [1.165, 1.54) is 17.1 Å². The van der Waals surface area contributed by atoms with Crippen LogP contribution in [0.25, 0.3) is 11.3 Å². The molecule has 2 heterocycles. The van der Waals surface area contributed by atoms with Gasteiger partial charge in [0.2, 0.25) is 0 Å². The number of rotatable bonds is 7. The van der Waals surface area contributed by atoms with Gasteiger partial charge in [0, 0.05) is 60.7 Å². The Morgan fingerprint density at radius 1 is 0.824 bits per heavy atom. The first-order chi connectivity index (χ1) is 16.7. The molecule has 174 valence electrons. The van der Waals surface area contributed by atoms with E-state index in [1.807, 2.05) is 18.2 Å². The SMILES string of the molecule is CCN(c1ccc(N2CCN(c3ccc(OC)cc3)CC2)cc1)c1nc(-c2ccccc2)cs1. The summed E-state index contributed by atoms with van der Waals surface area (Å²) >= 11 is 1.70. The molecule has 5 nitrogen and oxygen atoms in total. The first-order valence-electron chi connectivity index (χ1n) is 11.8. The smallest absolute Gasteiger partial charge is 0.190 e. The van der Waals surface area contributed by atoms with Crippen LogP contribution >= 0.6 is 11.3 Å². The highest BCUT2D eigenvalue weighted by molar-refractivity contribution is 7.14. The van der Waals surface area contributed by atoms with Crippen molar-refractivity contribution in [1.82, 2.24) is 4.98 Å². The van der Waals surface area contributed by atoms with Crippen LogP contribution in [0.4, 0.5) is 22.2 Å². The summed E-state index contributed by atoms with van der Waals surface area (Å²) in [6.45, 7) is 7.09. The van der Waals surface area contributed by atoms with Crippen molar-refractivity contribution in [3.05, 3.63) is 84.2 Å². The molecule has 0 aliphatic carbocycles. The number of hydrogen-bond donors (Lipinski definition) is 0. The highest BCUT2D eigenvalue weighted by Gasteiger charge is 2.19. The third kappa shape index (κ3) is 4.73. The molecule has 1 aliphatic heterocycles. The molecule has 6 heteroatoms. The molecule has 0 saturated carbocycles. The second-order valence-corrected chi connectivity index (χ2v) is 9.15. The summed E-state index contributed by atoms with van der Waals surface area (Å²) in [7, 11) is 1.71. The molecule has 0 radical (unpaired) electrons. The summed E-state index contributed by atoms with van der Waals surface area (Å²) in [6.07, 6.45) is 0. The van der Waals surface area contributed by atoms with Crippen LogP contribution in [-0.4, -0.2) is 44.8 Å². The maximum Gasteiger partial charge on any atom is 0.190 e. The van der Waals surface area contributed by atoms with Gasteiger partial charge in [0.05, 0.1) is 12.8 Å². The van der Waals surface area contributed by atoms with E-state index in [0.29, 0.717) is 0 Å². The van der Waals surface area contributed by atoms with Crippen molar-refractivity contribution >= 4 is 33.5 Å². The normalized spacial score (nSPS) is 13.7. The fourth-order valence-electron chi connectivity index (χ4n) is 4.42. The number of piperazine rings is 1. The highest BCUT2D eigenvalue weighted by Crippen LogP contribution is 2.33. The van der Waals surface area contributed by atoms with E-state index < -0.39 is 0 Å². The number of hydrogen-bond acceptors (Lipinski definition) is 6. The summed E-state index contributed by atoms with van der Waals surface area (Å²) in [4.78, 5) is 12.1. The van der Waals surface area contributed by atoms with Crippen molar-refractivity contribution in [1.29, 1.82) is 0 Å². The van der Waals surface area contributed by atoms with Gasteiger partial charge < -0.3 is 19.4 Å². The molecule has 0 atom stereocenters. The number of aromatic nitrogens is 1. The summed E-state index contributed by atoms with van der Waals surface area (Å²) in [5.41, 5.74) is 5.90. The molecule has 4 aromatic rings. The highest BCUT2D eigenvalue weighted by atomic mass is 32.1. The van der Waals surface area contributed by atoms with Gasteiger partial charge in [-0.3, -0.25) is 0 Å². The van der Waals surface area contributed by atoms with Crippen LogP contribution in [0.2, 0.25) is 0 Å². The van der Waals surface area contributed by atoms with Gasteiger partial charge in [0.25, 0.3) is 0 Å². The maximum atomic E-state index is 5.28. The van der Waals surface area contributed by atoms with Crippen molar-refractivity contribution in [2.24, 2.45) is 0 Å². The van der Waals surface area contributed by atoms with E-state index in [2.05, 4.69) is 87.7 Å². The van der Waals surface area contributed by atoms with Gasteiger partial charge in [0.15, 0.2) is 5.13 Å². The van der Waals surface area contributed by atoms with E-state index in [4.69, 9.17) is 9.72 Å². The second-order valence-electron chi connectivity index (χ2n) is 8.31. The predicted molar refractivity (Wildman–Crippen MR) is 144 cm³/mol. The van der Waals surface area contributed by atoms with Gasteiger partial charge in [-0.15, -0.1) is 11.3 Å². The Morgan fingerprint density at radius 2 is 1.41 bits per heavy atom. The summed E-state index contributed by atoms with van der Waals surface area (Å²) in [5, 5.41) is 3.17. The number of ether oxygens (including phenoxy) is 1. The van der Waals surface area contributed by atoms with E-state index in [1.54, 1.807) is 18.4 Å². The molecule has 34 heavy (non-hydrogen) atoms. The van der Waals surface area contributed by atoms with Crippen molar-refractivity contribution in [2.45, 2.75) is 6.92 Å². The Morgan fingerprint density at radius 3 is 1.97 bits per heavy atom. The fraction of sp³-hybridized carbons (Fsp3) is 0.250.